The maximum Gasteiger partial charge on any atom is 0.118 e. The van der Waals surface area contributed by atoms with Gasteiger partial charge >= 0.3 is 0 Å². The van der Waals surface area contributed by atoms with Crippen LogP contribution >= 0.6 is 11.3 Å². The highest BCUT2D eigenvalue weighted by molar-refractivity contribution is 7.09. The van der Waals surface area contributed by atoms with Gasteiger partial charge in [-0.05, 0) is 24.6 Å². The Morgan fingerprint density at radius 2 is 2.06 bits per heavy atom. The van der Waals surface area contributed by atoms with Crippen molar-refractivity contribution in [1.29, 1.82) is 0 Å². The highest BCUT2D eigenvalue weighted by atomic mass is 32.1. The second kappa shape index (κ2) is 4.85. The van der Waals surface area contributed by atoms with Gasteiger partial charge in [-0.2, -0.15) is 0 Å². The lowest BCUT2D eigenvalue weighted by atomic mass is 9.89. The quantitative estimate of drug-likeness (QED) is 0.904. The first-order valence-corrected chi connectivity index (χ1v) is 6.30. The van der Waals surface area contributed by atoms with Crippen molar-refractivity contribution >= 4 is 11.3 Å². The Bertz CT molecular complexity index is 463. The van der Waals surface area contributed by atoms with Crippen molar-refractivity contribution in [2.45, 2.75) is 18.9 Å². The van der Waals surface area contributed by atoms with E-state index in [0.29, 0.717) is 0 Å². The monoisotopic (exact) mass is 248 g/mol. The van der Waals surface area contributed by atoms with Crippen LogP contribution in [0.25, 0.3) is 0 Å². The Morgan fingerprint density at radius 3 is 2.59 bits per heavy atom. The molecule has 0 bridgehead atoms. The first-order chi connectivity index (χ1) is 8.12. The zero-order valence-corrected chi connectivity index (χ0v) is 10.8. The highest BCUT2D eigenvalue weighted by Gasteiger charge is 2.22. The van der Waals surface area contributed by atoms with Gasteiger partial charge < -0.3 is 10.5 Å². The van der Waals surface area contributed by atoms with E-state index in [2.05, 4.69) is 4.98 Å². The molecule has 0 aliphatic carbocycles. The van der Waals surface area contributed by atoms with E-state index < -0.39 is 0 Å². The lowest BCUT2D eigenvalue weighted by Gasteiger charge is -2.24. The van der Waals surface area contributed by atoms with Crippen molar-refractivity contribution in [1.82, 2.24) is 4.98 Å². The predicted octanol–water partition coefficient (Wildman–Crippen LogP) is 2.57. The van der Waals surface area contributed by atoms with E-state index in [4.69, 9.17) is 10.5 Å². The summed E-state index contributed by atoms with van der Waals surface area (Å²) in [6.45, 7) is 2.04. The smallest absolute Gasteiger partial charge is 0.118 e. The van der Waals surface area contributed by atoms with Crippen LogP contribution < -0.4 is 10.5 Å². The van der Waals surface area contributed by atoms with Gasteiger partial charge in [-0.3, -0.25) is 4.98 Å². The highest BCUT2D eigenvalue weighted by Crippen LogP contribution is 2.25. The van der Waals surface area contributed by atoms with E-state index in [-0.39, 0.29) is 5.54 Å². The molecule has 0 saturated carbocycles. The number of rotatable bonds is 4. The Kier molecular flexibility index (Phi) is 3.45. The van der Waals surface area contributed by atoms with Crippen LogP contribution in [-0.4, -0.2) is 12.1 Å². The van der Waals surface area contributed by atoms with Gasteiger partial charge in [0.2, 0.25) is 0 Å². The first kappa shape index (κ1) is 12.1. The van der Waals surface area contributed by atoms with Crippen molar-refractivity contribution in [3.05, 3.63) is 46.4 Å². The maximum absolute atomic E-state index is 6.36. The molecule has 0 radical (unpaired) electrons. The fraction of sp³-hybridized carbons (Fsp3) is 0.308. The Morgan fingerprint density at radius 1 is 1.35 bits per heavy atom. The molecule has 90 valence electrons. The summed E-state index contributed by atoms with van der Waals surface area (Å²) >= 11 is 1.64. The summed E-state index contributed by atoms with van der Waals surface area (Å²) in [6, 6.07) is 7.90. The SMILES string of the molecule is COc1ccc(C(C)(N)Cc2cncs2)cc1. The van der Waals surface area contributed by atoms with Gasteiger partial charge in [-0.15, -0.1) is 11.3 Å². The van der Waals surface area contributed by atoms with Crippen molar-refractivity contribution < 1.29 is 4.74 Å². The fourth-order valence-corrected chi connectivity index (χ4v) is 2.53. The number of methoxy groups -OCH3 is 1. The number of aromatic nitrogens is 1. The number of nitrogens with two attached hydrogens (primary N) is 1. The summed E-state index contributed by atoms with van der Waals surface area (Å²) in [5.41, 5.74) is 8.92. The molecule has 4 heteroatoms. The van der Waals surface area contributed by atoms with Crippen LogP contribution in [0.3, 0.4) is 0 Å². The zero-order valence-electron chi connectivity index (χ0n) is 10.0. The molecular formula is C13H16N2OS. The first-order valence-electron chi connectivity index (χ1n) is 5.42. The van der Waals surface area contributed by atoms with E-state index in [1.54, 1.807) is 18.4 Å². The summed E-state index contributed by atoms with van der Waals surface area (Å²) < 4.78 is 5.14. The number of hydrogen-bond acceptors (Lipinski definition) is 4. The molecule has 1 unspecified atom stereocenters. The van der Waals surface area contributed by atoms with E-state index in [1.165, 1.54) is 4.88 Å². The van der Waals surface area contributed by atoms with E-state index in [0.717, 1.165) is 17.7 Å². The van der Waals surface area contributed by atoms with Crippen LogP contribution in [0.2, 0.25) is 0 Å². The Balaban J connectivity index is 2.18. The Hall–Kier alpha value is -1.39. The molecule has 2 rings (SSSR count). The van der Waals surface area contributed by atoms with E-state index in [9.17, 15) is 0 Å². The molecule has 17 heavy (non-hydrogen) atoms. The third-order valence-electron chi connectivity index (χ3n) is 2.77. The van der Waals surface area contributed by atoms with Crippen LogP contribution in [0.4, 0.5) is 0 Å². The molecule has 0 aliphatic rings. The number of ether oxygens (including phenoxy) is 1. The number of hydrogen-bond donors (Lipinski definition) is 1. The lowest BCUT2D eigenvalue weighted by molar-refractivity contribution is 0.413. The number of thiazole rings is 1. The normalized spacial score (nSPS) is 14.3. The average molecular weight is 248 g/mol. The molecule has 0 saturated heterocycles. The third-order valence-corrected chi connectivity index (χ3v) is 3.55. The molecule has 1 aromatic carbocycles. The van der Waals surface area contributed by atoms with Gasteiger partial charge in [0.1, 0.15) is 5.75 Å². The van der Waals surface area contributed by atoms with Crippen molar-refractivity contribution in [2.75, 3.05) is 7.11 Å². The molecule has 3 nitrogen and oxygen atoms in total. The molecule has 0 fully saturated rings. The van der Waals surface area contributed by atoms with Crippen LogP contribution in [0.1, 0.15) is 17.4 Å². The van der Waals surface area contributed by atoms with Crippen LogP contribution in [0.15, 0.2) is 36.0 Å². The van der Waals surface area contributed by atoms with Gasteiger partial charge in [-0.1, -0.05) is 12.1 Å². The van der Waals surface area contributed by atoms with Gasteiger partial charge in [0.25, 0.3) is 0 Å². The summed E-state index contributed by atoms with van der Waals surface area (Å²) in [6.07, 6.45) is 2.67. The zero-order chi connectivity index (χ0) is 12.3. The standard InChI is InChI=1S/C13H16N2OS/c1-13(14,7-12-8-15-9-17-12)10-3-5-11(16-2)6-4-10/h3-6,8-9H,7,14H2,1-2H3. The molecule has 0 amide bonds. The summed E-state index contributed by atoms with van der Waals surface area (Å²) in [4.78, 5) is 5.27. The van der Waals surface area contributed by atoms with Crippen molar-refractivity contribution in [3.8, 4) is 5.75 Å². The summed E-state index contributed by atoms with van der Waals surface area (Å²) in [5, 5.41) is 0. The van der Waals surface area contributed by atoms with Gasteiger partial charge in [0.05, 0.1) is 12.6 Å². The number of nitrogens with zero attached hydrogens (tertiary/aromatic N) is 1. The minimum Gasteiger partial charge on any atom is -0.497 e. The van der Waals surface area contributed by atoms with Crippen molar-refractivity contribution in [2.24, 2.45) is 5.73 Å². The second-order valence-electron chi connectivity index (χ2n) is 4.29. The van der Waals surface area contributed by atoms with Crippen LogP contribution in [-0.2, 0) is 12.0 Å². The molecule has 1 heterocycles. The molecule has 0 aliphatic heterocycles. The summed E-state index contributed by atoms with van der Waals surface area (Å²) in [5.74, 6) is 0.849. The molecule has 1 aromatic heterocycles. The third kappa shape index (κ3) is 2.84. The van der Waals surface area contributed by atoms with Gasteiger partial charge in [0.15, 0.2) is 0 Å². The average Bonchev–Trinajstić information content (AvgIpc) is 2.81. The molecule has 0 spiro atoms. The van der Waals surface area contributed by atoms with Crippen molar-refractivity contribution in [3.63, 3.8) is 0 Å². The molecular weight excluding hydrogens is 232 g/mol. The van der Waals surface area contributed by atoms with Crippen LogP contribution in [0.5, 0.6) is 5.75 Å². The van der Waals surface area contributed by atoms with E-state index in [1.807, 2.05) is 42.9 Å². The Labute approximate surface area is 105 Å². The molecule has 1 atom stereocenters. The maximum atomic E-state index is 6.36. The molecule has 2 N–H and O–H groups in total. The minimum absolute atomic E-state index is 0.376. The second-order valence-corrected chi connectivity index (χ2v) is 5.26. The van der Waals surface area contributed by atoms with Gasteiger partial charge in [-0.25, -0.2) is 0 Å². The van der Waals surface area contributed by atoms with E-state index >= 15 is 0 Å². The summed E-state index contributed by atoms with van der Waals surface area (Å²) in [7, 11) is 1.66. The van der Waals surface area contributed by atoms with Gasteiger partial charge in [0, 0.05) is 23.0 Å². The largest absolute Gasteiger partial charge is 0.497 e. The minimum atomic E-state index is -0.376. The van der Waals surface area contributed by atoms with Crippen LogP contribution in [0, 0.1) is 0 Å². The predicted molar refractivity (Wildman–Crippen MR) is 70.4 cm³/mol. The number of benzene rings is 1. The topological polar surface area (TPSA) is 48.1 Å². The molecule has 2 aromatic rings. The lowest BCUT2D eigenvalue weighted by Crippen LogP contribution is -2.35. The fourth-order valence-electron chi connectivity index (χ4n) is 1.77.